The molecule has 7 nitrogen and oxygen atoms in total. The Morgan fingerprint density at radius 2 is 1.72 bits per heavy atom. The highest BCUT2D eigenvalue weighted by atomic mass is 16.5. The number of aromatic hydroxyl groups is 1. The van der Waals surface area contributed by atoms with Crippen LogP contribution in [0, 0.1) is 0 Å². The molecule has 2 rings (SSSR count). The van der Waals surface area contributed by atoms with Gasteiger partial charge in [-0.2, -0.15) is 0 Å². The maximum absolute atomic E-state index is 11.1. The molecule has 2 aromatic rings. The number of aliphatic hydroxyl groups is 2. The maximum atomic E-state index is 11.1. The topological polar surface area (TPSA) is 125 Å². The average Bonchev–Trinajstić information content (AvgIpc) is 2.80. The Balaban J connectivity index is 1.42. The van der Waals surface area contributed by atoms with E-state index >= 15 is 0 Å². The summed E-state index contributed by atoms with van der Waals surface area (Å²) >= 11 is 0. The van der Waals surface area contributed by atoms with Crippen molar-refractivity contribution in [3.05, 3.63) is 64.7 Å². The molecule has 2 aromatic carbocycles. The van der Waals surface area contributed by atoms with Crippen LogP contribution in [0.4, 0.5) is 0 Å². The minimum absolute atomic E-state index is 0.0387. The zero-order valence-electron chi connectivity index (χ0n) is 18.6. The van der Waals surface area contributed by atoms with Gasteiger partial charge in [0.15, 0.2) is 0 Å². The third kappa shape index (κ3) is 9.36. The molecular weight excluding hydrogens is 408 g/mol. The molecule has 0 radical (unpaired) electrons. The summed E-state index contributed by atoms with van der Waals surface area (Å²) in [5, 5.41) is 32.2. The fraction of sp³-hybridized carbons (Fsp3) is 0.480. The number of nitrogens with one attached hydrogen (secondary N) is 1. The molecule has 0 aliphatic rings. The van der Waals surface area contributed by atoms with Crippen LogP contribution in [-0.4, -0.2) is 47.5 Å². The first-order valence-corrected chi connectivity index (χ1v) is 11.3. The van der Waals surface area contributed by atoms with E-state index < -0.39 is 12.0 Å². The number of aliphatic hydroxyl groups excluding tert-OH is 2. The largest absolute Gasteiger partial charge is 0.508 e. The van der Waals surface area contributed by atoms with Gasteiger partial charge in [-0.3, -0.25) is 4.79 Å². The van der Waals surface area contributed by atoms with E-state index in [9.17, 15) is 20.1 Å². The van der Waals surface area contributed by atoms with Gasteiger partial charge in [0, 0.05) is 30.9 Å². The summed E-state index contributed by atoms with van der Waals surface area (Å²) in [6, 6.07) is 12.2. The molecule has 0 bridgehead atoms. The Morgan fingerprint density at radius 1 is 1.00 bits per heavy atom. The molecule has 0 fully saturated rings. The fourth-order valence-corrected chi connectivity index (χ4v) is 3.42. The van der Waals surface area contributed by atoms with Crippen LogP contribution in [0.25, 0.3) is 0 Å². The van der Waals surface area contributed by atoms with Gasteiger partial charge in [-0.15, -0.1) is 0 Å². The van der Waals surface area contributed by atoms with Crippen LogP contribution in [0.5, 0.6) is 5.75 Å². The van der Waals surface area contributed by atoms with Crippen molar-refractivity contribution in [1.29, 1.82) is 0 Å². The molecule has 0 heterocycles. The SMILES string of the molecule is NC(=O)c1ccc(CCCOCCCCCCNCC(O)c2ccc(O)c(CO)c2)cc1. The smallest absolute Gasteiger partial charge is 0.248 e. The highest BCUT2D eigenvalue weighted by Gasteiger charge is 2.09. The predicted molar refractivity (Wildman–Crippen MR) is 124 cm³/mol. The van der Waals surface area contributed by atoms with E-state index in [0.29, 0.717) is 23.2 Å². The predicted octanol–water partition coefficient (Wildman–Crippen LogP) is 2.82. The number of nitrogens with two attached hydrogens (primary N) is 1. The molecule has 0 aliphatic heterocycles. The first kappa shape index (κ1) is 25.8. The van der Waals surface area contributed by atoms with Crippen LogP contribution >= 0.6 is 0 Å². The molecule has 1 atom stereocenters. The number of phenols is 1. The van der Waals surface area contributed by atoms with Crippen LogP contribution < -0.4 is 11.1 Å². The van der Waals surface area contributed by atoms with E-state index in [0.717, 1.165) is 58.3 Å². The Morgan fingerprint density at radius 3 is 2.44 bits per heavy atom. The molecular formula is C25H36N2O5. The van der Waals surface area contributed by atoms with Gasteiger partial charge in [0.05, 0.1) is 12.7 Å². The van der Waals surface area contributed by atoms with Gasteiger partial charge in [-0.25, -0.2) is 0 Å². The normalized spacial score (nSPS) is 12.1. The number of rotatable bonds is 16. The van der Waals surface area contributed by atoms with Gasteiger partial charge in [-0.1, -0.05) is 31.0 Å². The summed E-state index contributed by atoms with van der Waals surface area (Å²) in [5.74, 6) is -0.364. The Hall–Kier alpha value is -2.45. The number of primary amides is 1. The Labute approximate surface area is 190 Å². The summed E-state index contributed by atoms with van der Waals surface area (Å²) in [6.45, 7) is 2.50. The summed E-state index contributed by atoms with van der Waals surface area (Å²) < 4.78 is 5.69. The molecule has 7 heteroatoms. The van der Waals surface area contributed by atoms with E-state index in [4.69, 9.17) is 10.5 Å². The number of ether oxygens (including phenoxy) is 1. The van der Waals surface area contributed by atoms with Crippen molar-refractivity contribution in [2.45, 2.75) is 51.2 Å². The monoisotopic (exact) mass is 444 g/mol. The number of hydrogen-bond donors (Lipinski definition) is 5. The van der Waals surface area contributed by atoms with Gasteiger partial charge in [0.1, 0.15) is 5.75 Å². The van der Waals surface area contributed by atoms with E-state index in [1.165, 1.54) is 11.6 Å². The number of hydrogen-bond acceptors (Lipinski definition) is 6. The lowest BCUT2D eigenvalue weighted by atomic mass is 10.1. The lowest BCUT2D eigenvalue weighted by molar-refractivity contribution is 0.1000. The molecule has 6 N–H and O–H groups in total. The van der Waals surface area contributed by atoms with Crippen LogP contribution in [0.15, 0.2) is 42.5 Å². The lowest BCUT2D eigenvalue weighted by Gasteiger charge is -2.14. The number of aryl methyl sites for hydroxylation is 1. The minimum Gasteiger partial charge on any atom is -0.508 e. The van der Waals surface area contributed by atoms with Crippen molar-refractivity contribution in [3.8, 4) is 5.75 Å². The van der Waals surface area contributed by atoms with E-state index in [-0.39, 0.29) is 12.4 Å². The molecule has 1 unspecified atom stereocenters. The number of carbonyl (C=O) groups excluding carboxylic acids is 1. The Kier molecular flexibility index (Phi) is 11.8. The third-order valence-electron chi connectivity index (χ3n) is 5.38. The average molecular weight is 445 g/mol. The number of unbranched alkanes of at least 4 members (excludes halogenated alkanes) is 3. The highest BCUT2D eigenvalue weighted by molar-refractivity contribution is 5.92. The Bertz CT molecular complexity index is 810. The first-order valence-electron chi connectivity index (χ1n) is 11.3. The molecule has 0 aromatic heterocycles. The van der Waals surface area contributed by atoms with Crippen molar-refractivity contribution in [2.75, 3.05) is 26.3 Å². The van der Waals surface area contributed by atoms with E-state index in [1.54, 1.807) is 24.3 Å². The molecule has 32 heavy (non-hydrogen) atoms. The molecule has 0 spiro atoms. The van der Waals surface area contributed by atoms with E-state index in [2.05, 4.69) is 5.32 Å². The molecule has 0 aliphatic carbocycles. The zero-order chi connectivity index (χ0) is 23.2. The fourth-order valence-electron chi connectivity index (χ4n) is 3.42. The van der Waals surface area contributed by atoms with Gasteiger partial charge in [0.2, 0.25) is 5.91 Å². The second-order valence-corrected chi connectivity index (χ2v) is 7.96. The summed E-state index contributed by atoms with van der Waals surface area (Å²) in [5.41, 5.74) is 8.05. The molecule has 176 valence electrons. The van der Waals surface area contributed by atoms with Crippen molar-refractivity contribution in [1.82, 2.24) is 5.32 Å². The zero-order valence-corrected chi connectivity index (χ0v) is 18.6. The van der Waals surface area contributed by atoms with Crippen LogP contribution in [-0.2, 0) is 17.8 Å². The second kappa shape index (κ2) is 14.6. The summed E-state index contributed by atoms with van der Waals surface area (Å²) in [6.07, 6.45) is 5.47. The van der Waals surface area contributed by atoms with Crippen LogP contribution in [0.2, 0.25) is 0 Å². The standard InChI is InChI=1S/C25H36N2O5/c26-25(31)20-9-7-19(8-10-20)6-5-15-32-14-4-2-1-3-13-27-17-24(30)21-11-12-23(29)22(16-21)18-28/h7-12,16,24,27-30H,1-6,13-15,17-18H2,(H2,26,31). The van der Waals surface area contributed by atoms with Gasteiger partial charge in [0.25, 0.3) is 0 Å². The van der Waals surface area contributed by atoms with Gasteiger partial charge in [-0.05, 0) is 67.6 Å². The first-order chi connectivity index (χ1) is 15.5. The van der Waals surface area contributed by atoms with Crippen molar-refractivity contribution in [2.24, 2.45) is 5.73 Å². The van der Waals surface area contributed by atoms with Crippen molar-refractivity contribution in [3.63, 3.8) is 0 Å². The van der Waals surface area contributed by atoms with Gasteiger partial charge < -0.3 is 31.1 Å². The lowest BCUT2D eigenvalue weighted by Crippen LogP contribution is -2.22. The number of carbonyl (C=O) groups is 1. The van der Waals surface area contributed by atoms with Crippen molar-refractivity contribution < 1.29 is 24.9 Å². The van der Waals surface area contributed by atoms with E-state index in [1.807, 2.05) is 12.1 Å². The quantitative estimate of drug-likeness (QED) is 0.254. The van der Waals surface area contributed by atoms with Crippen molar-refractivity contribution >= 4 is 5.91 Å². The third-order valence-corrected chi connectivity index (χ3v) is 5.38. The summed E-state index contributed by atoms with van der Waals surface area (Å²) in [7, 11) is 0. The van der Waals surface area contributed by atoms with Crippen LogP contribution in [0.1, 0.15) is 65.3 Å². The minimum atomic E-state index is -0.671. The molecule has 0 saturated heterocycles. The van der Waals surface area contributed by atoms with Gasteiger partial charge >= 0.3 is 0 Å². The second-order valence-electron chi connectivity index (χ2n) is 7.96. The highest BCUT2D eigenvalue weighted by Crippen LogP contribution is 2.22. The number of amides is 1. The molecule has 1 amide bonds. The summed E-state index contributed by atoms with van der Waals surface area (Å²) in [4.78, 5) is 11.1. The van der Waals surface area contributed by atoms with Crippen LogP contribution in [0.3, 0.4) is 0 Å². The number of benzene rings is 2. The molecule has 0 saturated carbocycles. The maximum Gasteiger partial charge on any atom is 0.248 e.